The molecule has 1 fully saturated rings. The van der Waals surface area contributed by atoms with Gasteiger partial charge in [0, 0.05) is 43.2 Å². The zero-order valence-electron chi connectivity index (χ0n) is 40.5. The highest BCUT2D eigenvalue weighted by Crippen LogP contribution is 2.62. The number of oxime groups is 1. The maximum absolute atomic E-state index is 14.7. The van der Waals surface area contributed by atoms with Gasteiger partial charge in [0.15, 0.2) is 0 Å². The molecule has 0 spiro atoms. The van der Waals surface area contributed by atoms with Crippen LogP contribution in [-0.4, -0.2) is 70.6 Å². The first-order valence-electron chi connectivity index (χ1n) is 24.8. The summed E-state index contributed by atoms with van der Waals surface area (Å²) in [6.07, 6.45) is 7.83. The van der Waals surface area contributed by atoms with Crippen molar-refractivity contribution in [3.63, 3.8) is 0 Å². The summed E-state index contributed by atoms with van der Waals surface area (Å²) in [6.45, 7) is 4.44. The normalized spacial score (nSPS) is 21.4. The minimum Gasteiger partial charge on any atom is -0.459 e. The minimum atomic E-state index is -1.53. The summed E-state index contributed by atoms with van der Waals surface area (Å²) < 4.78 is 27.0. The van der Waals surface area contributed by atoms with E-state index in [-0.39, 0.29) is 62.8 Å². The van der Waals surface area contributed by atoms with E-state index in [1.54, 1.807) is 23.1 Å². The zero-order valence-corrected chi connectivity index (χ0v) is 40.5. The molecule has 9 rings (SSSR count). The Bertz CT molecular complexity index is 2900. The lowest BCUT2D eigenvalue weighted by Crippen LogP contribution is -2.70. The standard InChI is InChI=1S/C59H61N3O10/c1-3-34-69-59-55(61(58(65)68-2)38-45-19-13-18-43-16-7-8-20-49(43)45)37-53(60-70-39-40-22-26-46(27-23-40)62(66)67)51-35-44(17-9-11-32-63)50(21-10-12-33-64)56(57(51)59)52-36-48(30-31-54(52)72-59)71-47-28-24-42(25-29-47)41-14-5-4-6-15-41/h3-8,13-16,18-20,22-31,35-36,44,50,55-57,63-64H,1,9-12,17,21,32-34,37-39H2,2H3. The van der Waals surface area contributed by atoms with Crippen LogP contribution in [0.15, 0.2) is 169 Å². The number of nitro benzene ring substituents is 1. The van der Waals surface area contributed by atoms with Gasteiger partial charge in [-0.15, -0.1) is 6.58 Å². The first-order valence-corrected chi connectivity index (χ1v) is 24.8. The summed E-state index contributed by atoms with van der Waals surface area (Å²) in [6, 6.07) is 43.5. The van der Waals surface area contributed by atoms with Gasteiger partial charge in [-0.25, -0.2) is 4.79 Å². The monoisotopic (exact) mass is 971 g/mol. The summed E-state index contributed by atoms with van der Waals surface area (Å²) in [5.41, 5.74) is 6.09. The van der Waals surface area contributed by atoms with Crippen molar-refractivity contribution in [1.82, 2.24) is 4.90 Å². The van der Waals surface area contributed by atoms with Gasteiger partial charge in [0.25, 0.3) is 5.69 Å². The molecule has 3 aliphatic rings. The molecule has 2 N–H and O–H groups in total. The molecule has 6 aromatic rings. The van der Waals surface area contributed by atoms with Crippen LogP contribution in [0.25, 0.3) is 21.9 Å². The van der Waals surface area contributed by atoms with Crippen molar-refractivity contribution in [2.24, 2.45) is 22.9 Å². The number of hydrogen-bond donors (Lipinski definition) is 2. The number of amides is 1. The Morgan fingerprint density at radius 1 is 0.861 bits per heavy atom. The number of methoxy groups -OCH3 is 1. The lowest BCUT2D eigenvalue weighted by molar-refractivity contribution is -0.384. The molecule has 1 aliphatic heterocycles. The number of aliphatic hydroxyl groups is 2. The van der Waals surface area contributed by atoms with Gasteiger partial charge in [-0.1, -0.05) is 115 Å². The van der Waals surface area contributed by atoms with Crippen LogP contribution in [0.3, 0.4) is 0 Å². The molecule has 0 radical (unpaired) electrons. The van der Waals surface area contributed by atoms with Crippen LogP contribution in [0.2, 0.25) is 0 Å². The highest BCUT2D eigenvalue weighted by Gasteiger charge is 2.65. The maximum Gasteiger partial charge on any atom is 0.410 e. The van der Waals surface area contributed by atoms with Crippen molar-refractivity contribution in [2.75, 3.05) is 26.9 Å². The van der Waals surface area contributed by atoms with E-state index in [1.165, 1.54) is 19.2 Å². The number of allylic oxidation sites excluding steroid dienone is 1. The Balaban J connectivity index is 1.21. The lowest BCUT2D eigenvalue weighted by atomic mass is 9.55. The maximum atomic E-state index is 14.7. The zero-order chi connectivity index (χ0) is 50.0. The molecular weight excluding hydrogens is 911 g/mol. The van der Waals surface area contributed by atoms with Crippen LogP contribution >= 0.6 is 0 Å². The number of benzene rings is 6. The first-order chi connectivity index (χ1) is 35.2. The van der Waals surface area contributed by atoms with Crippen LogP contribution in [-0.2, 0) is 27.5 Å². The smallest absolute Gasteiger partial charge is 0.410 e. The van der Waals surface area contributed by atoms with E-state index >= 15 is 0 Å². The van der Waals surface area contributed by atoms with Crippen molar-refractivity contribution >= 4 is 28.3 Å². The van der Waals surface area contributed by atoms with Crippen molar-refractivity contribution in [3.8, 4) is 28.4 Å². The van der Waals surface area contributed by atoms with Crippen molar-refractivity contribution in [3.05, 3.63) is 191 Å². The Morgan fingerprint density at radius 3 is 2.31 bits per heavy atom. The van der Waals surface area contributed by atoms with E-state index in [0.29, 0.717) is 41.4 Å². The Morgan fingerprint density at radius 2 is 1.57 bits per heavy atom. The number of rotatable bonds is 21. The second-order valence-corrected chi connectivity index (χ2v) is 18.7. The van der Waals surface area contributed by atoms with Gasteiger partial charge in [-0.2, -0.15) is 0 Å². The lowest BCUT2D eigenvalue weighted by Gasteiger charge is -2.59. The summed E-state index contributed by atoms with van der Waals surface area (Å²) in [5, 5.41) is 38.5. The fourth-order valence-electron chi connectivity index (χ4n) is 11.1. The molecule has 0 saturated heterocycles. The van der Waals surface area contributed by atoms with E-state index in [2.05, 4.69) is 30.9 Å². The van der Waals surface area contributed by atoms with E-state index in [4.69, 9.17) is 28.9 Å². The minimum absolute atomic E-state index is 0.00605. The largest absolute Gasteiger partial charge is 0.459 e. The molecule has 1 amide bonds. The van der Waals surface area contributed by atoms with Crippen molar-refractivity contribution in [1.29, 1.82) is 0 Å². The predicted molar refractivity (Wildman–Crippen MR) is 277 cm³/mol. The molecule has 1 saturated carbocycles. The third-order valence-electron chi connectivity index (χ3n) is 14.4. The number of non-ortho nitro benzene ring substituents is 1. The second kappa shape index (κ2) is 22.8. The van der Waals surface area contributed by atoms with Crippen molar-refractivity contribution in [2.45, 2.75) is 75.8 Å². The number of ether oxygens (including phenoxy) is 4. The molecular formula is C59H61N3O10. The SMILES string of the molecule is C=CCOC12Oc3ccc(Oc4ccc(-c5ccccc5)cc4)cc3C3C(CCCCO)C(CCCCO)C=C(C(=NOCc4ccc([N+](=O)[O-])cc4)CC1N(Cc1cccc4ccccc14)C(=O)OC)C32. The molecule has 6 aromatic carbocycles. The third-order valence-corrected chi connectivity index (χ3v) is 14.4. The summed E-state index contributed by atoms with van der Waals surface area (Å²) >= 11 is 0. The molecule has 1 heterocycles. The number of unbranched alkanes of at least 4 members (excludes halogenated alkanes) is 2. The number of carbonyl (C=O) groups excluding carboxylic acids is 1. The number of fused-ring (bicyclic) bond motifs is 3. The number of aliphatic hydroxyl groups excluding tert-OH is 2. The topological polar surface area (TPSA) is 162 Å². The quantitative estimate of drug-likeness (QED) is 0.0307. The fourth-order valence-corrected chi connectivity index (χ4v) is 11.1. The molecule has 6 atom stereocenters. The van der Waals surface area contributed by atoms with Crippen LogP contribution in [0.1, 0.15) is 67.6 Å². The number of carbonyl (C=O) groups is 1. The van der Waals surface area contributed by atoms with E-state index in [1.807, 2.05) is 97.1 Å². The highest BCUT2D eigenvalue weighted by atomic mass is 16.7. The van der Waals surface area contributed by atoms with Gasteiger partial charge in [-0.3, -0.25) is 15.0 Å². The number of nitro groups is 1. The summed E-state index contributed by atoms with van der Waals surface area (Å²) in [4.78, 5) is 33.6. The van der Waals surface area contributed by atoms with Gasteiger partial charge >= 0.3 is 6.09 Å². The third kappa shape index (κ3) is 10.5. The molecule has 2 aliphatic carbocycles. The predicted octanol–water partition coefficient (Wildman–Crippen LogP) is 12.3. The van der Waals surface area contributed by atoms with Gasteiger partial charge in [0.05, 0.1) is 36.8 Å². The first kappa shape index (κ1) is 49.7. The highest BCUT2D eigenvalue weighted by molar-refractivity contribution is 6.03. The summed E-state index contributed by atoms with van der Waals surface area (Å²) in [7, 11) is 1.37. The second-order valence-electron chi connectivity index (χ2n) is 18.7. The molecule has 72 heavy (non-hydrogen) atoms. The Kier molecular flexibility index (Phi) is 15.7. The molecule has 6 unspecified atom stereocenters. The molecule has 0 bridgehead atoms. The van der Waals surface area contributed by atoms with E-state index < -0.39 is 28.8 Å². The fraction of sp³-hybridized carbons (Fsp3) is 0.322. The molecule has 0 aromatic heterocycles. The van der Waals surface area contributed by atoms with Crippen LogP contribution in [0.4, 0.5) is 10.5 Å². The summed E-state index contributed by atoms with van der Waals surface area (Å²) in [5.74, 6) is -0.582. The van der Waals surface area contributed by atoms with Crippen LogP contribution in [0, 0.1) is 27.9 Å². The molecule has 372 valence electrons. The number of hydrogen-bond acceptors (Lipinski definition) is 11. The Labute approximate surface area is 420 Å². The van der Waals surface area contributed by atoms with Gasteiger partial charge in [0.1, 0.15) is 29.9 Å². The Hall–Kier alpha value is -7.32. The van der Waals surface area contributed by atoms with Crippen molar-refractivity contribution < 1.29 is 43.7 Å². The average molecular weight is 972 g/mol. The van der Waals surface area contributed by atoms with Gasteiger partial charge in [-0.05, 0) is 119 Å². The molecule has 13 nitrogen and oxygen atoms in total. The van der Waals surface area contributed by atoms with Gasteiger partial charge < -0.3 is 34.0 Å². The van der Waals surface area contributed by atoms with E-state index in [9.17, 15) is 25.1 Å². The van der Waals surface area contributed by atoms with Crippen LogP contribution in [0.5, 0.6) is 17.2 Å². The number of nitrogens with zero attached hydrogens (tertiary/aromatic N) is 3. The van der Waals surface area contributed by atoms with Crippen LogP contribution < -0.4 is 9.47 Å². The molecule has 13 heteroatoms. The van der Waals surface area contributed by atoms with Gasteiger partial charge in [0.2, 0.25) is 5.79 Å². The van der Waals surface area contributed by atoms with E-state index in [0.717, 1.165) is 64.3 Å². The average Bonchev–Trinajstić information content (AvgIpc) is 3.41.